The largest absolute Gasteiger partial charge is 0.481 e. The number of aliphatic carboxylic acids is 1. The molecule has 0 spiro atoms. The topological polar surface area (TPSA) is 37.3 Å². The standard InChI is InChI=1S/C5H10O2.Pr/c1-4(2)3-5(6)7;/h4H,3H2,1-2H3,(H,6,7);. The average Bonchev–Trinajstić information content (AvgIpc) is 1.27. The van der Waals surface area contributed by atoms with Gasteiger partial charge in [0.2, 0.25) is 0 Å². The maximum absolute atomic E-state index is 9.81. The number of hydrogen-bond acceptors (Lipinski definition) is 1. The van der Waals surface area contributed by atoms with Gasteiger partial charge >= 0.3 is 5.97 Å². The van der Waals surface area contributed by atoms with Crippen LogP contribution in [0.15, 0.2) is 0 Å². The Bertz CT molecular complexity index is 70.8. The summed E-state index contributed by atoms with van der Waals surface area (Å²) < 4.78 is 0. The van der Waals surface area contributed by atoms with E-state index in [-0.39, 0.29) is 53.6 Å². The second-order valence-corrected chi connectivity index (χ2v) is 1.99. The van der Waals surface area contributed by atoms with Gasteiger partial charge in [0.1, 0.15) is 0 Å². The van der Waals surface area contributed by atoms with Gasteiger partial charge in [-0.05, 0) is 5.92 Å². The number of rotatable bonds is 2. The van der Waals surface area contributed by atoms with Crippen molar-refractivity contribution in [2.45, 2.75) is 20.3 Å². The molecule has 45 valence electrons. The summed E-state index contributed by atoms with van der Waals surface area (Å²) in [6, 6.07) is 0. The number of carbonyl (C=O) groups is 1. The molecule has 0 saturated carbocycles. The van der Waals surface area contributed by atoms with E-state index in [0.29, 0.717) is 0 Å². The molecule has 0 aliphatic carbocycles. The van der Waals surface area contributed by atoms with Crippen molar-refractivity contribution < 1.29 is 51.2 Å². The summed E-state index contributed by atoms with van der Waals surface area (Å²) in [6.45, 7) is 3.77. The first kappa shape index (κ1) is 11.6. The maximum atomic E-state index is 9.81. The predicted molar refractivity (Wildman–Crippen MR) is 27.1 cm³/mol. The van der Waals surface area contributed by atoms with Crippen molar-refractivity contribution in [2.75, 3.05) is 0 Å². The van der Waals surface area contributed by atoms with E-state index in [1.807, 2.05) is 13.8 Å². The van der Waals surface area contributed by atoms with Crippen LogP contribution in [-0.4, -0.2) is 11.1 Å². The molecular weight excluding hydrogens is 233 g/mol. The molecule has 1 radical (unpaired) electrons. The van der Waals surface area contributed by atoms with Gasteiger partial charge in [-0.25, -0.2) is 0 Å². The molecule has 0 aliphatic rings. The van der Waals surface area contributed by atoms with Crippen LogP contribution in [0.3, 0.4) is 0 Å². The fourth-order valence-electron chi connectivity index (χ4n) is 0.349. The minimum atomic E-state index is -0.713. The molecule has 8 heavy (non-hydrogen) atoms. The third kappa shape index (κ3) is 9.95. The third-order valence-corrected chi connectivity index (χ3v) is 0.583. The first-order chi connectivity index (χ1) is 3.13. The van der Waals surface area contributed by atoms with E-state index in [2.05, 4.69) is 0 Å². The molecule has 0 unspecified atom stereocenters. The molecule has 2 nitrogen and oxygen atoms in total. The minimum Gasteiger partial charge on any atom is -0.481 e. The van der Waals surface area contributed by atoms with Crippen LogP contribution in [-0.2, 0) is 4.79 Å². The van der Waals surface area contributed by atoms with Gasteiger partial charge < -0.3 is 5.11 Å². The van der Waals surface area contributed by atoms with Crippen LogP contribution in [0.5, 0.6) is 0 Å². The first-order valence-electron chi connectivity index (χ1n) is 2.34. The summed E-state index contributed by atoms with van der Waals surface area (Å²) in [5.74, 6) is -0.438. The summed E-state index contributed by atoms with van der Waals surface area (Å²) in [4.78, 5) is 9.81. The van der Waals surface area contributed by atoms with Crippen molar-refractivity contribution in [3.05, 3.63) is 0 Å². The number of hydrogen-bond donors (Lipinski definition) is 1. The van der Waals surface area contributed by atoms with Crippen LogP contribution in [0, 0.1) is 47.2 Å². The SMILES string of the molecule is CC(C)CC(=O)O.[Pr]. The zero-order valence-electron chi connectivity index (χ0n) is 5.22. The molecule has 0 fully saturated rings. The summed E-state index contributed by atoms with van der Waals surface area (Å²) in [5.41, 5.74) is 0. The Morgan fingerprint density at radius 2 is 2.00 bits per heavy atom. The van der Waals surface area contributed by atoms with Crippen molar-refractivity contribution in [1.82, 2.24) is 0 Å². The van der Waals surface area contributed by atoms with E-state index >= 15 is 0 Å². The van der Waals surface area contributed by atoms with E-state index in [1.165, 1.54) is 0 Å². The quantitative estimate of drug-likeness (QED) is 0.788. The van der Waals surface area contributed by atoms with Gasteiger partial charge in [0, 0.05) is 47.7 Å². The Kier molecular flexibility index (Phi) is 8.65. The van der Waals surface area contributed by atoms with Gasteiger partial charge in [0.15, 0.2) is 0 Å². The summed E-state index contributed by atoms with van der Waals surface area (Å²) in [5, 5.41) is 8.08. The molecule has 0 aromatic rings. The molecule has 0 aliphatic heterocycles. The maximum Gasteiger partial charge on any atom is 0.303 e. The van der Waals surface area contributed by atoms with E-state index in [1.54, 1.807) is 0 Å². The Morgan fingerprint density at radius 3 is 2.00 bits per heavy atom. The van der Waals surface area contributed by atoms with Crippen LogP contribution >= 0.6 is 0 Å². The summed E-state index contributed by atoms with van der Waals surface area (Å²) in [6.07, 6.45) is 0.278. The van der Waals surface area contributed by atoms with Gasteiger partial charge in [0.05, 0.1) is 0 Å². The van der Waals surface area contributed by atoms with Crippen LogP contribution in [0.2, 0.25) is 0 Å². The molecular formula is C5H10O2Pr. The van der Waals surface area contributed by atoms with Crippen LogP contribution in [0.1, 0.15) is 20.3 Å². The molecule has 0 rings (SSSR count). The van der Waals surface area contributed by atoms with Crippen LogP contribution < -0.4 is 0 Å². The molecule has 0 saturated heterocycles. The zero-order chi connectivity index (χ0) is 5.86. The van der Waals surface area contributed by atoms with E-state index < -0.39 is 5.97 Å². The smallest absolute Gasteiger partial charge is 0.303 e. The molecule has 3 heteroatoms. The van der Waals surface area contributed by atoms with Gasteiger partial charge in [-0.15, -0.1) is 0 Å². The van der Waals surface area contributed by atoms with Crippen molar-refractivity contribution in [3.63, 3.8) is 0 Å². The number of carboxylic acids is 1. The Balaban J connectivity index is 0. The fourth-order valence-corrected chi connectivity index (χ4v) is 0.349. The third-order valence-electron chi connectivity index (χ3n) is 0.583. The minimum absolute atomic E-state index is 0. The van der Waals surface area contributed by atoms with Gasteiger partial charge in [-0.1, -0.05) is 13.8 Å². The Hall–Kier alpha value is 0.834. The number of carboxylic acid groups (broad SMARTS) is 1. The van der Waals surface area contributed by atoms with Gasteiger partial charge in [-0.3, -0.25) is 4.79 Å². The monoisotopic (exact) mass is 243 g/mol. The van der Waals surface area contributed by atoms with E-state index in [4.69, 9.17) is 5.11 Å². The Labute approximate surface area is 82.6 Å². The van der Waals surface area contributed by atoms with Gasteiger partial charge in [0.25, 0.3) is 0 Å². The molecule has 0 atom stereocenters. The normalized spacial score (nSPS) is 8.38. The van der Waals surface area contributed by atoms with Crippen LogP contribution in [0.4, 0.5) is 0 Å². The van der Waals surface area contributed by atoms with Crippen molar-refractivity contribution in [1.29, 1.82) is 0 Å². The van der Waals surface area contributed by atoms with Crippen molar-refractivity contribution >= 4 is 5.97 Å². The summed E-state index contributed by atoms with van der Waals surface area (Å²) >= 11 is 0. The second kappa shape index (κ2) is 5.96. The molecule has 0 heterocycles. The van der Waals surface area contributed by atoms with E-state index in [9.17, 15) is 4.79 Å². The molecule has 0 aromatic carbocycles. The predicted octanol–water partition coefficient (Wildman–Crippen LogP) is 1.12. The molecule has 0 amide bonds. The van der Waals surface area contributed by atoms with Crippen LogP contribution in [0.25, 0.3) is 0 Å². The Morgan fingerprint density at radius 1 is 1.62 bits per heavy atom. The van der Waals surface area contributed by atoms with Gasteiger partial charge in [-0.2, -0.15) is 0 Å². The molecule has 0 bridgehead atoms. The zero-order valence-corrected chi connectivity index (χ0v) is 8.92. The summed E-state index contributed by atoms with van der Waals surface area (Å²) in [7, 11) is 0. The second-order valence-electron chi connectivity index (χ2n) is 1.99. The first-order valence-corrected chi connectivity index (χ1v) is 2.34. The average molecular weight is 243 g/mol. The van der Waals surface area contributed by atoms with Crippen molar-refractivity contribution in [3.8, 4) is 0 Å². The molecule has 1 N–H and O–H groups in total. The fraction of sp³-hybridized carbons (Fsp3) is 0.800. The van der Waals surface area contributed by atoms with Crippen molar-refractivity contribution in [2.24, 2.45) is 5.92 Å². The van der Waals surface area contributed by atoms with E-state index in [0.717, 1.165) is 0 Å². The molecule has 0 aromatic heterocycles.